The number of likely N-dealkylation sites (N-methyl/N-ethyl adjacent to an activating group) is 3. The van der Waals surface area contributed by atoms with E-state index in [4.69, 9.17) is 20.9 Å². The van der Waals surface area contributed by atoms with Gasteiger partial charge in [-0.3, -0.25) is 76.7 Å². The van der Waals surface area contributed by atoms with Crippen molar-refractivity contribution >= 4 is 117 Å². The number of aliphatic hydroxyl groups is 2. The lowest BCUT2D eigenvalue weighted by Gasteiger charge is -2.37. The fourth-order valence-corrected chi connectivity index (χ4v) is 17.7. The van der Waals surface area contributed by atoms with E-state index in [1.807, 2.05) is 0 Å². The molecule has 1 aromatic heterocycles. The average molecular weight is 1930 g/mol. The number of hydrogen-bond acceptors (Lipinski definition) is 23. The summed E-state index contributed by atoms with van der Waals surface area (Å²) in [5.74, 6) is -21.6. The number of ether oxygens (including phenoxy) is 2. The number of thioether (sulfide) groups is 1. The third kappa shape index (κ3) is 29.1. The molecule has 15 atom stereocenters. The second kappa shape index (κ2) is 50.2. The van der Waals surface area contributed by atoms with Crippen LogP contribution in [0.4, 0.5) is 8.78 Å². The number of nitrogens with one attached hydrogen (secondary N) is 10. The number of halogens is 2. The molecule has 740 valence electrons. The van der Waals surface area contributed by atoms with E-state index in [2.05, 4.69) is 52.8 Å². The summed E-state index contributed by atoms with van der Waals surface area (Å²) in [6.45, 7) is 0.833. The monoisotopic (exact) mass is 1930 g/mol. The van der Waals surface area contributed by atoms with Crippen molar-refractivity contribution in [3.05, 3.63) is 203 Å². The first-order valence-corrected chi connectivity index (χ1v) is 46.2. The number of phenols is 1. The summed E-state index contributed by atoms with van der Waals surface area (Å²) in [6, 6.07) is 15.9. The summed E-state index contributed by atoms with van der Waals surface area (Å²) in [6.07, 6.45) is -6.19. The van der Waals surface area contributed by atoms with E-state index in [1.54, 1.807) is 115 Å². The van der Waals surface area contributed by atoms with Crippen LogP contribution in [0.15, 0.2) is 158 Å². The number of carboxylic acids is 1. The molecule has 0 unspecified atom stereocenters. The molecule has 4 heterocycles. The molecule has 42 heteroatoms. The quantitative estimate of drug-likeness (QED) is 0.0341. The highest BCUT2D eigenvalue weighted by molar-refractivity contribution is 8.00. The predicted molar refractivity (Wildman–Crippen MR) is 500 cm³/mol. The van der Waals surface area contributed by atoms with E-state index in [0.717, 1.165) is 42.7 Å². The molecule has 15 amide bonds. The SMILES string of the molecule is COCC[C@H]1C(=O)N2C[C@@H](O)C[C@@H]2C(=O)N[C@@H](CC(=O)O)C(=O)N[C@@H](C(C)C)C(=O)N(C)[C@@H](Cc2ccccc2)C(=O)N[C@@H](Cc2ccc(OC)cc2)C(=O)N2C[C@@H](O)C[C@@H]2C(=O)N[C@@H](Cc2c[nH]c3ccccc23)C(=O)N[C@@H](Cc2ccc(O)cc2)C(=O)N[C@@H](CCCN)C(=O)N[C@H](C(=O)NCC(N)=O)CSCC(=O)N[C@@H](Cc2ccc(F)c(F)c2)C(=O)N(C)[C@@H](Cc2ccccc2)C(=O)N1C. The summed E-state index contributed by atoms with van der Waals surface area (Å²) in [5, 5.41) is 68.1. The summed E-state index contributed by atoms with van der Waals surface area (Å²) < 4.78 is 40.7. The molecular formula is C96H119F2N17O22S. The number of aliphatic carboxylic acids is 1. The Morgan fingerprint density at radius 3 is 1.60 bits per heavy atom. The van der Waals surface area contributed by atoms with E-state index < -0.39 is 260 Å². The zero-order valence-electron chi connectivity index (χ0n) is 77.4. The molecule has 3 saturated heterocycles. The van der Waals surface area contributed by atoms with Gasteiger partial charge in [0.25, 0.3) is 0 Å². The van der Waals surface area contributed by atoms with Gasteiger partial charge in [0, 0.05) is 129 Å². The maximum atomic E-state index is 15.9. The number of carboxylic acid groups (broad SMARTS) is 1. The van der Waals surface area contributed by atoms with Crippen LogP contribution in [-0.2, 0) is 120 Å². The van der Waals surface area contributed by atoms with E-state index >= 15 is 52.3 Å². The largest absolute Gasteiger partial charge is 0.508 e. The minimum Gasteiger partial charge on any atom is -0.508 e. The maximum Gasteiger partial charge on any atom is 0.305 e. The van der Waals surface area contributed by atoms with Gasteiger partial charge in [-0.2, -0.15) is 0 Å². The number of carbonyl (C=O) groups is 16. The van der Waals surface area contributed by atoms with Crippen molar-refractivity contribution in [3.8, 4) is 11.5 Å². The van der Waals surface area contributed by atoms with E-state index in [9.17, 15) is 53.6 Å². The van der Waals surface area contributed by atoms with Crippen molar-refractivity contribution in [1.29, 1.82) is 0 Å². The number of aromatic hydroxyl groups is 1. The molecule has 0 bridgehead atoms. The Hall–Kier alpha value is -14.0. The van der Waals surface area contributed by atoms with Gasteiger partial charge in [0.05, 0.1) is 38.0 Å². The van der Waals surface area contributed by atoms with Crippen LogP contribution >= 0.6 is 11.8 Å². The van der Waals surface area contributed by atoms with Crippen molar-refractivity contribution in [1.82, 2.24) is 77.3 Å². The number of nitrogens with zero attached hydrogens (tertiary/aromatic N) is 5. The molecule has 3 fully saturated rings. The van der Waals surface area contributed by atoms with Crippen LogP contribution < -0.4 is 64.1 Å². The standard InChI is InChI=1S/C96H119F2N17O22S/c1-53(2)83-96(135)112(4)76(41-54-17-10-8-11-18-54)89(128)108-73(39-57-26-31-63(137-7)32-27-57)93(132)114-49-61(117)44-77(114)90(129)106-70(43-59-47-101-67-22-15-14-21-64(59)67)87(126)105-69(38-56-24-29-60(116)30-25-56)86(125)104-68(23-16-35-99)85(124)109-74(84(123)102-48-80(100)119)51-138-52-81(120)103-72(40-58-28-33-65(97)66(98)37-58)92(131)113(5)79(42-55-19-12-9-13-20-55)94(133)111(3)75(34-36-136-6)95(134)115-50-62(118)45-78(115)91(130)107-71(46-82(121)122)88(127)110-83/h8-15,17-22,24-33,37,47,53,61-62,68-79,83,101,116-118H,16,23,34-36,38-46,48-52,99H2,1-7H3,(H2,100,119)(H,102,123)(H,103,120)(H,104,125)(H,105,126)(H,106,129)(H,107,130)(H,108,128)(H,109,124)(H,110,127)(H,121,122)/t61-,62-,68-,69-,70-,71-,72-,73-,74-,75-,76-,77+,78+,79-,83-/m0/s1. The molecule has 39 nitrogen and oxygen atoms in total. The number of amides is 15. The number of H-pyrrole nitrogens is 1. The maximum absolute atomic E-state index is 15.9. The summed E-state index contributed by atoms with van der Waals surface area (Å²) in [5.41, 5.74) is 14.2. The Morgan fingerprint density at radius 1 is 0.514 bits per heavy atom. The predicted octanol–water partition coefficient (Wildman–Crippen LogP) is -0.546. The summed E-state index contributed by atoms with van der Waals surface area (Å²) in [4.78, 5) is 247. The first kappa shape index (κ1) is 106. The fraction of sp³-hybridized carbons (Fsp3) is 0.438. The molecule has 0 spiro atoms. The number of phenolic OH excluding ortho intramolecular Hbond substituents is 1. The zero-order chi connectivity index (χ0) is 100. The second-order valence-electron chi connectivity index (χ2n) is 34.7. The van der Waals surface area contributed by atoms with Crippen LogP contribution in [0.5, 0.6) is 11.5 Å². The number of primary amides is 1. The number of nitrogens with two attached hydrogens (primary N) is 2. The minimum absolute atomic E-state index is 0.0237. The highest BCUT2D eigenvalue weighted by Gasteiger charge is 2.48. The smallest absolute Gasteiger partial charge is 0.305 e. The van der Waals surface area contributed by atoms with E-state index in [0.29, 0.717) is 56.2 Å². The third-order valence-electron chi connectivity index (χ3n) is 24.4. The van der Waals surface area contributed by atoms with Crippen molar-refractivity contribution in [2.24, 2.45) is 17.4 Å². The van der Waals surface area contributed by atoms with Crippen molar-refractivity contribution < 1.29 is 115 Å². The Morgan fingerprint density at radius 2 is 1.01 bits per heavy atom. The topological polar surface area (TPSA) is 565 Å². The minimum atomic E-state index is -2.05. The number of hydrogen-bond donors (Lipinski definition) is 16. The Bertz CT molecular complexity index is 5500. The number of rotatable bonds is 25. The molecule has 10 rings (SSSR count). The summed E-state index contributed by atoms with van der Waals surface area (Å²) >= 11 is 0.685. The summed E-state index contributed by atoms with van der Waals surface area (Å²) in [7, 11) is 6.37. The zero-order valence-corrected chi connectivity index (χ0v) is 78.2. The van der Waals surface area contributed by atoms with Gasteiger partial charge < -0.3 is 119 Å². The van der Waals surface area contributed by atoms with E-state index in [1.165, 1.54) is 73.5 Å². The number of fused-ring (bicyclic) bond motifs is 3. The molecule has 3 aliphatic rings. The van der Waals surface area contributed by atoms with Gasteiger partial charge in [-0.15, -0.1) is 11.8 Å². The van der Waals surface area contributed by atoms with Crippen LogP contribution in [0.1, 0.15) is 85.8 Å². The van der Waals surface area contributed by atoms with Crippen LogP contribution in [0.2, 0.25) is 0 Å². The van der Waals surface area contributed by atoms with Gasteiger partial charge in [-0.05, 0) is 101 Å². The lowest BCUT2D eigenvalue weighted by Crippen LogP contribution is -2.62. The van der Waals surface area contributed by atoms with Crippen LogP contribution in [0.25, 0.3) is 10.9 Å². The van der Waals surface area contributed by atoms with Gasteiger partial charge in [0.1, 0.15) is 90.0 Å². The molecule has 6 aromatic carbocycles. The van der Waals surface area contributed by atoms with Crippen molar-refractivity contribution in [2.75, 3.05) is 79.7 Å². The molecule has 0 radical (unpaired) electrons. The molecule has 0 aliphatic carbocycles. The first-order valence-electron chi connectivity index (χ1n) is 45.0. The number of aromatic amines is 1. The van der Waals surface area contributed by atoms with Crippen molar-refractivity contribution in [2.45, 2.75) is 182 Å². The molecule has 7 aromatic rings. The van der Waals surface area contributed by atoms with Crippen molar-refractivity contribution in [3.63, 3.8) is 0 Å². The lowest BCUT2D eigenvalue weighted by atomic mass is 9.98. The van der Waals surface area contributed by atoms with Gasteiger partial charge in [-0.1, -0.05) is 123 Å². The number of benzene rings is 6. The van der Waals surface area contributed by atoms with Gasteiger partial charge in [0.2, 0.25) is 88.6 Å². The van der Waals surface area contributed by atoms with Crippen LogP contribution in [0, 0.1) is 17.6 Å². The average Bonchev–Trinajstić information content (AvgIpc) is 1.65. The number of aromatic nitrogens is 1. The molecule has 3 aliphatic heterocycles. The van der Waals surface area contributed by atoms with Crippen LogP contribution in [-0.4, -0.2) is 315 Å². The van der Waals surface area contributed by atoms with Crippen LogP contribution in [0.3, 0.4) is 0 Å². The van der Waals surface area contributed by atoms with Gasteiger partial charge in [0.15, 0.2) is 11.6 Å². The highest BCUT2D eigenvalue weighted by Crippen LogP contribution is 2.29. The Kier molecular flexibility index (Phi) is 38.6. The first-order chi connectivity index (χ1) is 65.8. The number of methoxy groups -OCH3 is 2. The van der Waals surface area contributed by atoms with E-state index in [-0.39, 0.29) is 75.8 Å². The Labute approximate surface area is 799 Å². The normalized spacial score (nSPS) is 24.2. The number of carbonyl (C=O) groups excluding carboxylic acids is 15. The number of aliphatic hydroxyl groups excluding tert-OH is 2. The number of para-hydroxylation sites is 1. The lowest BCUT2D eigenvalue weighted by molar-refractivity contribution is -0.153. The van der Waals surface area contributed by atoms with Gasteiger partial charge in [-0.25, -0.2) is 8.78 Å². The fourth-order valence-electron chi connectivity index (χ4n) is 16.8. The second-order valence-corrected chi connectivity index (χ2v) is 35.8. The molecule has 18 N–H and O–H groups in total. The van der Waals surface area contributed by atoms with Gasteiger partial charge >= 0.3 is 5.97 Å². The molecular weight excluding hydrogens is 1810 g/mol. The Balaban J connectivity index is 1.07. The highest BCUT2D eigenvalue weighted by atomic mass is 32.2. The molecule has 138 heavy (non-hydrogen) atoms. The third-order valence-corrected chi connectivity index (χ3v) is 25.4. The molecule has 0 saturated carbocycles.